The molecule has 1 aliphatic rings. The van der Waals surface area contributed by atoms with Crippen molar-refractivity contribution in [3.63, 3.8) is 0 Å². The Morgan fingerprint density at radius 3 is 2.46 bits per heavy atom. The lowest BCUT2D eigenvalue weighted by molar-refractivity contribution is 0.0940. The third kappa shape index (κ3) is 4.49. The van der Waals surface area contributed by atoms with Crippen molar-refractivity contribution >= 4 is 5.91 Å². The van der Waals surface area contributed by atoms with Crippen LogP contribution in [0.4, 0.5) is 8.78 Å². The number of carbonyl (C=O) groups is 1. The van der Waals surface area contributed by atoms with Crippen LogP contribution in [0.15, 0.2) is 29.1 Å². The van der Waals surface area contributed by atoms with Crippen molar-refractivity contribution in [1.29, 1.82) is 0 Å². The Kier molecular flexibility index (Phi) is 6.27. The van der Waals surface area contributed by atoms with Gasteiger partial charge in [-0.25, -0.2) is 8.78 Å². The van der Waals surface area contributed by atoms with Gasteiger partial charge in [0.1, 0.15) is 5.56 Å². The second kappa shape index (κ2) is 8.67. The van der Waals surface area contributed by atoms with E-state index in [-0.39, 0.29) is 23.7 Å². The maximum absolute atomic E-state index is 13.7. The van der Waals surface area contributed by atoms with E-state index in [1.54, 1.807) is 10.6 Å². The molecule has 1 aromatic carbocycles. The molecule has 1 amide bonds. The third-order valence-corrected chi connectivity index (χ3v) is 5.09. The number of halogens is 2. The van der Waals surface area contributed by atoms with Crippen LogP contribution in [0.25, 0.3) is 0 Å². The summed E-state index contributed by atoms with van der Waals surface area (Å²) in [7, 11) is 0. The van der Waals surface area contributed by atoms with Crippen LogP contribution >= 0.6 is 0 Å². The van der Waals surface area contributed by atoms with Gasteiger partial charge in [-0.3, -0.25) is 9.59 Å². The number of aryl methyl sites for hydroxylation is 1. The van der Waals surface area contributed by atoms with Gasteiger partial charge >= 0.3 is 0 Å². The lowest BCUT2D eigenvalue weighted by atomic mass is 9.95. The van der Waals surface area contributed by atoms with Crippen LogP contribution < -0.4 is 10.9 Å². The summed E-state index contributed by atoms with van der Waals surface area (Å²) in [6.45, 7) is 3.79. The van der Waals surface area contributed by atoms with Crippen LogP contribution in [0.5, 0.6) is 0 Å². The summed E-state index contributed by atoms with van der Waals surface area (Å²) in [6, 6.07) is 5.28. The number of hydrogen-bond donors (Lipinski definition) is 1. The van der Waals surface area contributed by atoms with E-state index in [0.29, 0.717) is 5.56 Å². The summed E-state index contributed by atoms with van der Waals surface area (Å²) >= 11 is 0. The van der Waals surface area contributed by atoms with E-state index in [1.165, 1.54) is 6.07 Å². The standard InChI is InChI=1S/C22H26F2N2O2/c1-14(2)25-21(27)17-12-16-7-5-3-4-6-8-20(16)26(22(17)28)13-15-9-10-18(23)19(24)11-15/h9-12,14H,3-8,13H2,1-2H3,(H,25,27). The molecule has 3 rings (SSSR count). The number of amides is 1. The first-order valence-corrected chi connectivity index (χ1v) is 9.87. The van der Waals surface area contributed by atoms with Gasteiger partial charge < -0.3 is 9.88 Å². The first-order chi connectivity index (χ1) is 13.4. The molecule has 0 spiro atoms. The number of pyridine rings is 1. The Hall–Kier alpha value is -2.50. The number of aromatic nitrogens is 1. The van der Waals surface area contributed by atoms with Crippen molar-refractivity contribution in [1.82, 2.24) is 9.88 Å². The predicted octanol–water partition coefficient (Wildman–Crippen LogP) is 3.97. The largest absolute Gasteiger partial charge is 0.350 e. The lowest BCUT2D eigenvalue weighted by Gasteiger charge is -2.21. The van der Waals surface area contributed by atoms with Crippen LogP contribution in [-0.2, 0) is 19.4 Å². The van der Waals surface area contributed by atoms with E-state index in [2.05, 4.69) is 5.32 Å². The predicted molar refractivity (Wildman–Crippen MR) is 105 cm³/mol. The van der Waals surface area contributed by atoms with Gasteiger partial charge in [0.15, 0.2) is 11.6 Å². The first-order valence-electron chi connectivity index (χ1n) is 9.87. The lowest BCUT2D eigenvalue weighted by Crippen LogP contribution is -2.38. The number of carbonyl (C=O) groups excluding carboxylic acids is 1. The Morgan fingerprint density at radius 1 is 1.07 bits per heavy atom. The van der Waals surface area contributed by atoms with Gasteiger partial charge in [0.05, 0.1) is 6.54 Å². The highest BCUT2D eigenvalue weighted by Crippen LogP contribution is 2.21. The molecule has 150 valence electrons. The number of hydrogen-bond acceptors (Lipinski definition) is 2. The molecule has 0 unspecified atom stereocenters. The quantitative estimate of drug-likeness (QED) is 0.862. The first kappa shape index (κ1) is 20.2. The average molecular weight is 388 g/mol. The molecule has 1 aliphatic carbocycles. The van der Waals surface area contributed by atoms with Crippen LogP contribution in [0, 0.1) is 11.6 Å². The van der Waals surface area contributed by atoms with Crippen LogP contribution in [0.2, 0.25) is 0 Å². The zero-order valence-corrected chi connectivity index (χ0v) is 16.4. The molecule has 0 saturated carbocycles. The van der Waals surface area contributed by atoms with Gasteiger partial charge in [0.25, 0.3) is 11.5 Å². The van der Waals surface area contributed by atoms with Crippen LogP contribution in [0.1, 0.15) is 66.7 Å². The van der Waals surface area contributed by atoms with Gasteiger partial charge in [0.2, 0.25) is 0 Å². The number of benzene rings is 1. The summed E-state index contributed by atoms with van der Waals surface area (Å²) in [5, 5.41) is 2.78. The molecule has 1 aromatic heterocycles. The van der Waals surface area contributed by atoms with E-state index in [1.807, 2.05) is 13.8 Å². The summed E-state index contributed by atoms with van der Waals surface area (Å²) in [5.41, 5.74) is 2.11. The Morgan fingerprint density at radius 2 is 1.79 bits per heavy atom. The molecule has 0 saturated heterocycles. The molecule has 1 heterocycles. The molecule has 0 atom stereocenters. The van der Waals surface area contributed by atoms with E-state index >= 15 is 0 Å². The van der Waals surface area contributed by atoms with Gasteiger partial charge in [-0.1, -0.05) is 18.9 Å². The average Bonchev–Trinajstić information content (AvgIpc) is 2.61. The molecule has 0 bridgehead atoms. The highest BCUT2D eigenvalue weighted by Gasteiger charge is 2.21. The fraction of sp³-hybridized carbons (Fsp3) is 0.455. The molecule has 1 N–H and O–H groups in total. The maximum atomic E-state index is 13.7. The van der Waals surface area contributed by atoms with Crippen LogP contribution in [-0.4, -0.2) is 16.5 Å². The minimum atomic E-state index is -0.942. The molecule has 2 aromatic rings. The van der Waals surface area contributed by atoms with E-state index < -0.39 is 17.5 Å². The topological polar surface area (TPSA) is 51.1 Å². The summed E-state index contributed by atoms with van der Waals surface area (Å²) in [4.78, 5) is 25.7. The van der Waals surface area contributed by atoms with Crippen molar-refractivity contribution < 1.29 is 13.6 Å². The van der Waals surface area contributed by atoms with E-state index in [9.17, 15) is 18.4 Å². The Bertz CT molecular complexity index is 935. The molecule has 28 heavy (non-hydrogen) atoms. The Labute approximate surface area is 163 Å². The monoisotopic (exact) mass is 388 g/mol. The normalized spacial score (nSPS) is 14.3. The SMILES string of the molecule is CC(C)NC(=O)c1cc2c(n(Cc3ccc(F)c(F)c3)c1=O)CCCCCC2. The number of fused-ring (bicyclic) bond motifs is 1. The molecule has 0 fully saturated rings. The third-order valence-electron chi connectivity index (χ3n) is 5.09. The fourth-order valence-electron chi connectivity index (χ4n) is 3.72. The smallest absolute Gasteiger partial charge is 0.263 e. The van der Waals surface area contributed by atoms with Crippen molar-refractivity contribution in [2.24, 2.45) is 0 Å². The van der Waals surface area contributed by atoms with Crippen molar-refractivity contribution in [2.45, 2.75) is 65.0 Å². The van der Waals surface area contributed by atoms with Crippen LogP contribution in [0.3, 0.4) is 0 Å². The molecule has 0 aliphatic heterocycles. The molecule has 6 heteroatoms. The summed E-state index contributed by atoms with van der Waals surface area (Å²) < 4.78 is 28.5. The van der Waals surface area contributed by atoms with Gasteiger partial charge in [-0.15, -0.1) is 0 Å². The zero-order chi connectivity index (χ0) is 20.3. The molecule has 4 nitrogen and oxygen atoms in total. The summed E-state index contributed by atoms with van der Waals surface area (Å²) in [5.74, 6) is -2.26. The number of nitrogens with zero attached hydrogens (tertiary/aromatic N) is 1. The zero-order valence-electron chi connectivity index (χ0n) is 16.4. The maximum Gasteiger partial charge on any atom is 0.263 e. The minimum Gasteiger partial charge on any atom is -0.350 e. The van der Waals surface area contributed by atoms with Crippen molar-refractivity contribution in [2.75, 3.05) is 0 Å². The second-order valence-corrected chi connectivity index (χ2v) is 7.71. The molecular formula is C22H26F2N2O2. The highest BCUT2D eigenvalue weighted by atomic mass is 19.2. The number of nitrogens with one attached hydrogen (secondary N) is 1. The van der Waals surface area contributed by atoms with E-state index in [0.717, 1.165) is 61.9 Å². The minimum absolute atomic E-state index is 0.0893. The summed E-state index contributed by atoms with van der Waals surface area (Å²) in [6.07, 6.45) is 5.71. The van der Waals surface area contributed by atoms with Crippen molar-refractivity contribution in [3.05, 3.63) is 68.6 Å². The molecular weight excluding hydrogens is 362 g/mol. The second-order valence-electron chi connectivity index (χ2n) is 7.71. The van der Waals surface area contributed by atoms with Crippen molar-refractivity contribution in [3.8, 4) is 0 Å². The highest BCUT2D eigenvalue weighted by molar-refractivity contribution is 5.94. The molecule has 0 radical (unpaired) electrons. The van der Waals surface area contributed by atoms with Gasteiger partial charge in [-0.05, 0) is 68.9 Å². The Balaban J connectivity index is 2.11. The van der Waals surface area contributed by atoms with E-state index in [4.69, 9.17) is 0 Å². The number of rotatable bonds is 4. The fourth-order valence-corrected chi connectivity index (χ4v) is 3.72. The van der Waals surface area contributed by atoms with Gasteiger partial charge in [0, 0.05) is 11.7 Å². The van der Waals surface area contributed by atoms with Gasteiger partial charge in [-0.2, -0.15) is 0 Å².